The molecule has 4 heterocycles. The van der Waals surface area contributed by atoms with Crippen molar-refractivity contribution in [2.75, 3.05) is 24.4 Å². The van der Waals surface area contributed by atoms with Crippen LogP contribution in [0.2, 0.25) is 0 Å². The van der Waals surface area contributed by atoms with E-state index < -0.39 is 5.97 Å². The molecule has 1 atom stereocenters. The van der Waals surface area contributed by atoms with Crippen molar-refractivity contribution in [1.82, 2.24) is 9.55 Å². The topological polar surface area (TPSA) is 94.5 Å². The highest BCUT2D eigenvalue weighted by atomic mass is 32.1. The van der Waals surface area contributed by atoms with Gasteiger partial charge < -0.3 is 24.7 Å². The van der Waals surface area contributed by atoms with E-state index in [1.807, 2.05) is 17.5 Å². The van der Waals surface area contributed by atoms with E-state index in [2.05, 4.69) is 27.1 Å². The molecule has 9 heteroatoms. The number of pyridine rings is 1. The number of rotatable bonds is 8. The standard InChI is InChI=1S/C26H26N4O4S/c1-33-26(32)23-22(29-25(31)18-6-3-2-4-7-18)21-12-19(27-13-17-9-11-35-16-17)14-28-24(21)30(23)15-20-8-5-10-34-20/h2-4,6-7,9,11-12,14,16,20,27H,5,8,10,13,15H2,1H3,(H,29,31). The molecule has 0 saturated carbocycles. The van der Waals surface area contributed by atoms with Gasteiger partial charge in [0.2, 0.25) is 0 Å². The average Bonchev–Trinajstić information content (AvgIpc) is 3.65. The van der Waals surface area contributed by atoms with Crippen LogP contribution in [0.4, 0.5) is 11.4 Å². The fraction of sp³-hybridized carbons (Fsp3) is 0.269. The summed E-state index contributed by atoms with van der Waals surface area (Å²) in [7, 11) is 1.33. The fourth-order valence-corrected chi connectivity index (χ4v) is 4.97. The minimum absolute atomic E-state index is 0.0372. The maximum absolute atomic E-state index is 13.1. The van der Waals surface area contributed by atoms with Gasteiger partial charge in [0.25, 0.3) is 5.91 Å². The van der Waals surface area contributed by atoms with Crippen molar-refractivity contribution in [3.63, 3.8) is 0 Å². The van der Waals surface area contributed by atoms with Crippen LogP contribution in [-0.4, -0.2) is 41.2 Å². The number of thiophene rings is 1. The van der Waals surface area contributed by atoms with Crippen molar-refractivity contribution < 1.29 is 19.1 Å². The molecule has 1 unspecified atom stereocenters. The lowest BCUT2D eigenvalue weighted by molar-refractivity contribution is 0.0580. The molecule has 5 rings (SSSR count). The Morgan fingerprint density at radius 3 is 2.83 bits per heavy atom. The molecule has 1 amide bonds. The predicted molar refractivity (Wildman–Crippen MR) is 136 cm³/mol. The van der Waals surface area contributed by atoms with Gasteiger partial charge in [0.1, 0.15) is 5.65 Å². The highest BCUT2D eigenvalue weighted by Gasteiger charge is 2.29. The Hall–Kier alpha value is -3.69. The summed E-state index contributed by atoms with van der Waals surface area (Å²) in [6.07, 6.45) is 3.57. The van der Waals surface area contributed by atoms with Crippen LogP contribution in [-0.2, 0) is 22.6 Å². The number of carbonyl (C=O) groups is 2. The van der Waals surface area contributed by atoms with Gasteiger partial charge in [0.05, 0.1) is 37.3 Å². The zero-order chi connectivity index (χ0) is 24.2. The molecular weight excluding hydrogens is 464 g/mol. The Labute approximate surface area is 206 Å². The molecule has 0 bridgehead atoms. The normalized spacial score (nSPS) is 15.3. The van der Waals surface area contributed by atoms with Crippen molar-refractivity contribution in [1.29, 1.82) is 0 Å². The molecule has 2 N–H and O–H groups in total. The second-order valence-electron chi connectivity index (χ2n) is 8.36. The molecule has 8 nitrogen and oxygen atoms in total. The molecule has 0 spiro atoms. The van der Waals surface area contributed by atoms with Crippen molar-refractivity contribution in [2.24, 2.45) is 0 Å². The zero-order valence-corrected chi connectivity index (χ0v) is 20.1. The lowest BCUT2D eigenvalue weighted by Gasteiger charge is -2.14. The molecule has 1 saturated heterocycles. The maximum atomic E-state index is 13.1. The quantitative estimate of drug-likeness (QED) is 0.340. The molecule has 180 valence electrons. The highest BCUT2D eigenvalue weighted by Crippen LogP contribution is 2.34. The van der Waals surface area contributed by atoms with Gasteiger partial charge in [0, 0.05) is 24.1 Å². The third-order valence-electron chi connectivity index (χ3n) is 6.04. The summed E-state index contributed by atoms with van der Waals surface area (Å²) in [6.45, 7) is 1.78. The lowest BCUT2D eigenvalue weighted by atomic mass is 10.2. The summed E-state index contributed by atoms with van der Waals surface area (Å²) in [5.74, 6) is -0.860. The Kier molecular flexibility index (Phi) is 6.78. The summed E-state index contributed by atoms with van der Waals surface area (Å²) in [5.41, 5.74) is 3.66. The first-order valence-electron chi connectivity index (χ1n) is 11.5. The molecule has 0 radical (unpaired) electrons. The molecule has 1 aliphatic rings. The van der Waals surface area contributed by atoms with Crippen LogP contribution in [0.25, 0.3) is 11.0 Å². The van der Waals surface area contributed by atoms with Crippen LogP contribution in [0.5, 0.6) is 0 Å². The molecule has 1 fully saturated rings. The lowest BCUT2D eigenvalue weighted by Crippen LogP contribution is -2.21. The SMILES string of the molecule is COC(=O)c1c(NC(=O)c2ccccc2)c2cc(NCc3ccsc3)cnc2n1CC1CCCO1. The van der Waals surface area contributed by atoms with Crippen LogP contribution in [0.15, 0.2) is 59.4 Å². The Balaban J connectivity index is 1.59. The number of benzene rings is 1. The van der Waals surface area contributed by atoms with Crippen LogP contribution >= 0.6 is 11.3 Å². The largest absolute Gasteiger partial charge is 0.464 e. The number of ether oxygens (including phenoxy) is 2. The number of methoxy groups -OCH3 is 1. The zero-order valence-electron chi connectivity index (χ0n) is 19.3. The Morgan fingerprint density at radius 1 is 1.26 bits per heavy atom. The van der Waals surface area contributed by atoms with E-state index in [1.165, 1.54) is 12.7 Å². The minimum Gasteiger partial charge on any atom is -0.464 e. The van der Waals surface area contributed by atoms with Crippen LogP contribution in [0, 0.1) is 0 Å². The van der Waals surface area contributed by atoms with E-state index in [0.717, 1.165) is 18.5 Å². The van der Waals surface area contributed by atoms with Gasteiger partial charge in [-0.05, 0) is 53.4 Å². The van der Waals surface area contributed by atoms with Crippen molar-refractivity contribution >= 4 is 45.6 Å². The van der Waals surface area contributed by atoms with Gasteiger partial charge in [-0.3, -0.25) is 4.79 Å². The van der Waals surface area contributed by atoms with E-state index in [0.29, 0.717) is 42.0 Å². The van der Waals surface area contributed by atoms with E-state index >= 15 is 0 Å². The minimum atomic E-state index is -0.544. The van der Waals surface area contributed by atoms with Gasteiger partial charge in [-0.25, -0.2) is 9.78 Å². The number of aromatic nitrogens is 2. The highest BCUT2D eigenvalue weighted by molar-refractivity contribution is 7.07. The van der Waals surface area contributed by atoms with Crippen molar-refractivity contribution in [2.45, 2.75) is 32.0 Å². The molecule has 0 aliphatic carbocycles. The van der Waals surface area contributed by atoms with E-state index in [-0.39, 0.29) is 17.7 Å². The first-order chi connectivity index (χ1) is 17.1. The molecule has 1 aromatic carbocycles. The van der Waals surface area contributed by atoms with Gasteiger partial charge in [-0.15, -0.1) is 0 Å². The number of hydrogen-bond acceptors (Lipinski definition) is 7. The predicted octanol–water partition coefficient (Wildman–Crippen LogP) is 4.93. The van der Waals surface area contributed by atoms with Crippen molar-refractivity contribution in [3.05, 3.63) is 76.2 Å². The van der Waals surface area contributed by atoms with Gasteiger partial charge in [0.15, 0.2) is 5.69 Å². The number of hydrogen-bond donors (Lipinski definition) is 2. The van der Waals surface area contributed by atoms with Gasteiger partial charge in [-0.1, -0.05) is 18.2 Å². The second-order valence-corrected chi connectivity index (χ2v) is 9.14. The second kappa shape index (κ2) is 10.3. The third kappa shape index (κ3) is 4.91. The van der Waals surface area contributed by atoms with Crippen LogP contribution in [0.1, 0.15) is 39.3 Å². The first kappa shape index (κ1) is 23.1. The van der Waals surface area contributed by atoms with Gasteiger partial charge >= 0.3 is 5.97 Å². The number of amides is 1. The number of fused-ring (bicyclic) bond motifs is 1. The van der Waals surface area contributed by atoms with Crippen molar-refractivity contribution in [3.8, 4) is 0 Å². The summed E-state index contributed by atoms with van der Waals surface area (Å²) < 4.78 is 12.8. The molecular formula is C26H26N4O4S. The van der Waals surface area contributed by atoms with E-state index in [1.54, 1.807) is 46.4 Å². The molecule has 35 heavy (non-hydrogen) atoms. The summed E-state index contributed by atoms with van der Waals surface area (Å²) in [5, 5.41) is 11.1. The summed E-state index contributed by atoms with van der Waals surface area (Å²) in [6, 6.07) is 12.9. The maximum Gasteiger partial charge on any atom is 0.356 e. The summed E-state index contributed by atoms with van der Waals surface area (Å²) >= 11 is 1.64. The van der Waals surface area contributed by atoms with Gasteiger partial charge in [-0.2, -0.15) is 11.3 Å². The van der Waals surface area contributed by atoms with E-state index in [4.69, 9.17) is 9.47 Å². The number of anilines is 2. The molecule has 3 aromatic heterocycles. The first-order valence-corrected chi connectivity index (χ1v) is 12.4. The monoisotopic (exact) mass is 490 g/mol. The Morgan fingerprint density at radius 2 is 2.11 bits per heavy atom. The number of carbonyl (C=O) groups excluding carboxylic acids is 2. The Bertz CT molecular complexity index is 1330. The van der Waals surface area contributed by atoms with Crippen LogP contribution < -0.4 is 10.6 Å². The fourth-order valence-electron chi connectivity index (χ4n) is 4.30. The average molecular weight is 491 g/mol. The number of esters is 1. The molecule has 1 aliphatic heterocycles. The third-order valence-corrected chi connectivity index (χ3v) is 6.77. The van der Waals surface area contributed by atoms with E-state index in [9.17, 15) is 9.59 Å². The number of nitrogens with one attached hydrogen (secondary N) is 2. The molecule has 4 aromatic rings. The smallest absolute Gasteiger partial charge is 0.356 e. The van der Waals surface area contributed by atoms with Crippen LogP contribution in [0.3, 0.4) is 0 Å². The number of nitrogens with zero attached hydrogens (tertiary/aromatic N) is 2. The summed E-state index contributed by atoms with van der Waals surface area (Å²) in [4.78, 5) is 30.8.